The largest absolute Gasteiger partial charge is 0.379 e. The summed E-state index contributed by atoms with van der Waals surface area (Å²) in [6.07, 6.45) is 1.06. The zero-order valence-electron chi connectivity index (χ0n) is 5.93. The van der Waals surface area contributed by atoms with Gasteiger partial charge in [0.15, 0.2) is 0 Å². The van der Waals surface area contributed by atoms with Crippen LogP contribution in [0, 0.1) is 6.92 Å². The molecule has 0 unspecified atom stereocenters. The SMILES string of the molecule is [CH]COCCOCCC. The van der Waals surface area contributed by atoms with E-state index in [-0.39, 0.29) is 6.61 Å². The standard InChI is InChI=1S/C7H14O2/c1-3-5-9-7-6-8-4-2/h2H,3-7H2,1H3. The first-order valence-corrected chi connectivity index (χ1v) is 3.27. The predicted molar refractivity (Wildman–Crippen MR) is 36.2 cm³/mol. The molecule has 0 amide bonds. The Balaban J connectivity index is 2.60. The van der Waals surface area contributed by atoms with Crippen molar-refractivity contribution in [2.75, 3.05) is 26.4 Å². The minimum absolute atomic E-state index is 0.287. The number of hydrogen-bond donors (Lipinski definition) is 0. The van der Waals surface area contributed by atoms with Gasteiger partial charge in [-0.25, -0.2) is 0 Å². The van der Waals surface area contributed by atoms with Crippen molar-refractivity contribution in [3.05, 3.63) is 6.92 Å². The minimum atomic E-state index is 0.287. The molecule has 54 valence electrons. The van der Waals surface area contributed by atoms with E-state index in [0.717, 1.165) is 13.0 Å². The molecule has 0 fully saturated rings. The van der Waals surface area contributed by atoms with E-state index < -0.39 is 0 Å². The number of hydrogen-bond acceptors (Lipinski definition) is 2. The highest BCUT2D eigenvalue weighted by Crippen LogP contribution is 1.80. The van der Waals surface area contributed by atoms with Crippen molar-refractivity contribution < 1.29 is 9.47 Å². The van der Waals surface area contributed by atoms with E-state index in [4.69, 9.17) is 16.4 Å². The molecule has 0 saturated carbocycles. The molecular weight excluding hydrogens is 116 g/mol. The van der Waals surface area contributed by atoms with E-state index in [1.54, 1.807) is 0 Å². The highest BCUT2D eigenvalue weighted by molar-refractivity contribution is 4.32. The van der Waals surface area contributed by atoms with Crippen LogP contribution >= 0.6 is 0 Å². The molecule has 2 radical (unpaired) electrons. The highest BCUT2D eigenvalue weighted by Gasteiger charge is 1.84. The average Bonchev–Trinajstić information content (AvgIpc) is 1.89. The molecule has 0 aromatic heterocycles. The predicted octanol–water partition coefficient (Wildman–Crippen LogP) is 1.14. The molecule has 9 heavy (non-hydrogen) atoms. The van der Waals surface area contributed by atoms with Crippen LogP contribution in [-0.2, 0) is 9.47 Å². The number of rotatable bonds is 6. The third kappa shape index (κ3) is 7.92. The van der Waals surface area contributed by atoms with Gasteiger partial charge >= 0.3 is 0 Å². The van der Waals surface area contributed by atoms with E-state index in [2.05, 4.69) is 6.92 Å². The third-order valence-corrected chi connectivity index (χ3v) is 0.838. The van der Waals surface area contributed by atoms with E-state index in [1.807, 2.05) is 0 Å². The second kappa shape index (κ2) is 7.92. The molecule has 0 aliphatic heterocycles. The van der Waals surface area contributed by atoms with Crippen molar-refractivity contribution in [2.45, 2.75) is 13.3 Å². The van der Waals surface area contributed by atoms with Gasteiger partial charge in [0.25, 0.3) is 0 Å². The molecule has 0 N–H and O–H groups in total. The van der Waals surface area contributed by atoms with Crippen molar-refractivity contribution in [1.82, 2.24) is 0 Å². The van der Waals surface area contributed by atoms with Crippen molar-refractivity contribution >= 4 is 0 Å². The molecule has 2 nitrogen and oxygen atoms in total. The first kappa shape index (κ1) is 8.92. The molecule has 0 bridgehead atoms. The fourth-order valence-electron chi connectivity index (χ4n) is 0.448. The van der Waals surface area contributed by atoms with E-state index in [0.29, 0.717) is 13.2 Å². The molecule has 0 aliphatic rings. The Labute approximate surface area is 57.2 Å². The highest BCUT2D eigenvalue weighted by atomic mass is 16.5. The summed E-state index contributed by atoms with van der Waals surface area (Å²) in [5, 5.41) is 0. The first-order valence-electron chi connectivity index (χ1n) is 3.27. The third-order valence-electron chi connectivity index (χ3n) is 0.838. The van der Waals surface area contributed by atoms with Gasteiger partial charge in [-0.15, -0.1) is 0 Å². The molecule has 0 saturated heterocycles. The Morgan fingerprint density at radius 2 is 1.78 bits per heavy atom. The Hall–Kier alpha value is -0.0800. The van der Waals surface area contributed by atoms with E-state index in [1.165, 1.54) is 0 Å². The van der Waals surface area contributed by atoms with Crippen molar-refractivity contribution in [3.63, 3.8) is 0 Å². The maximum atomic E-state index is 5.10. The molecular formula is C7H14O2. The Morgan fingerprint density at radius 3 is 2.33 bits per heavy atom. The van der Waals surface area contributed by atoms with Gasteiger partial charge in [-0.3, -0.25) is 0 Å². The molecule has 0 aromatic rings. The molecule has 2 heteroatoms. The van der Waals surface area contributed by atoms with Crippen LogP contribution in [0.15, 0.2) is 0 Å². The lowest BCUT2D eigenvalue weighted by Crippen LogP contribution is -2.04. The molecule has 0 rings (SSSR count). The maximum absolute atomic E-state index is 5.10. The van der Waals surface area contributed by atoms with Gasteiger partial charge in [-0.05, 0) is 13.3 Å². The summed E-state index contributed by atoms with van der Waals surface area (Å²) in [5.41, 5.74) is 0. The minimum Gasteiger partial charge on any atom is -0.379 e. The Morgan fingerprint density at radius 1 is 1.11 bits per heavy atom. The Bertz CT molecular complexity index is 40.2. The summed E-state index contributed by atoms with van der Waals surface area (Å²) < 4.78 is 9.94. The smallest absolute Gasteiger partial charge is 0.0700 e. The van der Waals surface area contributed by atoms with Gasteiger partial charge in [0, 0.05) is 6.61 Å². The fraction of sp³-hybridized carbons (Fsp3) is 0.857. The van der Waals surface area contributed by atoms with Gasteiger partial charge in [0.2, 0.25) is 0 Å². The molecule has 0 heterocycles. The van der Waals surface area contributed by atoms with Crippen molar-refractivity contribution in [2.24, 2.45) is 0 Å². The normalized spacial score (nSPS) is 10.0. The van der Waals surface area contributed by atoms with Gasteiger partial charge in [0.05, 0.1) is 19.8 Å². The topological polar surface area (TPSA) is 18.5 Å². The van der Waals surface area contributed by atoms with Crippen LogP contribution < -0.4 is 0 Å². The molecule has 0 aromatic carbocycles. The quantitative estimate of drug-likeness (QED) is 0.502. The zero-order valence-corrected chi connectivity index (χ0v) is 5.93. The lowest BCUT2D eigenvalue weighted by Gasteiger charge is -2.00. The first-order chi connectivity index (χ1) is 4.41. The van der Waals surface area contributed by atoms with Crippen LogP contribution in [-0.4, -0.2) is 26.4 Å². The monoisotopic (exact) mass is 130 g/mol. The van der Waals surface area contributed by atoms with Crippen molar-refractivity contribution in [1.29, 1.82) is 0 Å². The molecule has 0 atom stereocenters. The summed E-state index contributed by atoms with van der Waals surface area (Å²) in [6, 6.07) is 0. The summed E-state index contributed by atoms with van der Waals surface area (Å²) in [4.78, 5) is 0. The number of ether oxygens (including phenoxy) is 2. The second-order valence-corrected chi connectivity index (χ2v) is 1.69. The summed E-state index contributed by atoms with van der Waals surface area (Å²) >= 11 is 0. The van der Waals surface area contributed by atoms with Gasteiger partial charge < -0.3 is 9.47 Å². The zero-order chi connectivity index (χ0) is 6.95. The summed E-state index contributed by atoms with van der Waals surface area (Å²) in [7, 11) is 0. The van der Waals surface area contributed by atoms with Gasteiger partial charge in [-0.2, -0.15) is 0 Å². The van der Waals surface area contributed by atoms with Crippen LogP contribution in [0.3, 0.4) is 0 Å². The summed E-state index contributed by atoms with van der Waals surface area (Å²) in [5.74, 6) is 0. The van der Waals surface area contributed by atoms with Crippen molar-refractivity contribution in [3.8, 4) is 0 Å². The van der Waals surface area contributed by atoms with Crippen LogP contribution in [0.1, 0.15) is 13.3 Å². The summed E-state index contributed by atoms with van der Waals surface area (Å²) in [6.45, 7) is 9.50. The maximum Gasteiger partial charge on any atom is 0.0700 e. The lowest BCUT2D eigenvalue weighted by molar-refractivity contribution is 0.0582. The van der Waals surface area contributed by atoms with Crippen LogP contribution in [0.25, 0.3) is 0 Å². The average molecular weight is 130 g/mol. The van der Waals surface area contributed by atoms with Gasteiger partial charge in [0.1, 0.15) is 0 Å². The van der Waals surface area contributed by atoms with E-state index in [9.17, 15) is 0 Å². The Kier molecular flexibility index (Phi) is 7.85. The lowest BCUT2D eigenvalue weighted by atomic mass is 10.5. The van der Waals surface area contributed by atoms with Gasteiger partial charge in [-0.1, -0.05) is 6.92 Å². The molecule has 0 aliphatic carbocycles. The molecule has 0 spiro atoms. The van der Waals surface area contributed by atoms with E-state index >= 15 is 0 Å². The second-order valence-electron chi connectivity index (χ2n) is 1.69. The van der Waals surface area contributed by atoms with Crippen LogP contribution in [0.5, 0.6) is 0 Å². The fourth-order valence-corrected chi connectivity index (χ4v) is 0.448. The van der Waals surface area contributed by atoms with Crippen LogP contribution in [0.4, 0.5) is 0 Å². The van der Waals surface area contributed by atoms with Crippen LogP contribution in [0.2, 0.25) is 0 Å².